The zero-order valence-electron chi connectivity index (χ0n) is 11.2. The van der Waals surface area contributed by atoms with Crippen LogP contribution in [0, 0.1) is 10.1 Å². The SMILES string of the molecule is CCOCCCNC(=O)c1ccc([N+](=O)[O-])c(NN)c1. The van der Waals surface area contributed by atoms with Crippen molar-refractivity contribution in [3.05, 3.63) is 33.9 Å². The molecule has 0 aliphatic heterocycles. The van der Waals surface area contributed by atoms with Gasteiger partial charge in [0.25, 0.3) is 11.6 Å². The summed E-state index contributed by atoms with van der Waals surface area (Å²) in [5.41, 5.74) is 2.43. The average molecular weight is 282 g/mol. The number of nitrogens with two attached hydrogens (primary N) is 1. The van der Waals surface area contributed by atoms with Gasteiger partial charge < -0.3 is 15.5 Å². The predicted molar refractivity (Wildman–Crippen MR) is 74.3 cm³/mol. The van der Waals surface area contributed by atoms with Crippen LogP contribution in [0.3, 0.4) is 0 Å². The van der Waals surface area contributed by atoms with Crippen molar-refractivity contribution in [1.82, 2.24) is 5.32 Å². The lowest BCUT2D eigenvalue weighted by atomic mass is 10.1. The average Bonchev–Trinajstić information content (AvgIpc) is 2.45. The van der Waals surface area contributed by atoms with Crippen LogP contribution in [0.2, 0.25) is 0 Å². The molecular weight excluding hydrogens is 264 g/mol. The fourth-order valence-electron chi connectivity index (χ4n) is 1.57. The van der Waals surface area contributed by atoms with Crippen LogP contribution in [0.5, 0.6) is 0 Å². The second-order valence-corrected chi connectivity index (χ2v) is 3.94. The molecule has 0 aliphatic rings. The summed E-state index contributed by atoms with van der Waals surface area (Å²) >= 11 is 0. The summed E-state index contributed by atoms with van der Waals surface area (Å²) in [4.78, 5) is 22.0. The van der Waals surface area contributed by atoms with Crippen molar-refractivity contribution in [2.24, 2.45) is 5.84 Å². The molecule has 8 nitrogen and oxygen atoms in total. The topological polar surface area (TPSA) is 120 Å². The number of benzene rings is 1. The summed E-state index contributed by atoms with van der Waals surface area (Å²) in [6.45, 7) is 3.59. The molecule has 0 atom stereocenters. The molecule has 0 unspecified atom stereocenters. The van der Waals surface area contributed by atoms with Gasteiger partial charge in [-0.3, -0.25) is 20.8 Å². The van der Waals surface area contributed by atoms with Gasteiger partial charge in [0.2, 0.25) is 0 Å². The number of rotatable bonds is 8. The number of nitrogen functional groups attached to an aromatic ring is 1. The minimum absolute atomic E-state index is 0.0944. The number of hydrogen-bond donors (Lipinski definition) is 3. The minimum Gasteiger partial charge on any atom is -0.382 e. The van der Waals surface area contributed by atoms with Gasteiger partial charge in [0.1, 0.15) is 5.69 Å². The maximum atomic E-state index is 11.8. The Hall–Kier alpha value is -2.19. The molecular formula is C12H18N4O4. The van der Waals surface area contributed by atoms with Gasteiger partial charge in [0, 0.05) is 31.4 Å². The summed E-state index contributed by atoms with van der Waals surface area (Å²) in [5.74, 6) is 4.90. The molecule has 0 fully saturated rings. The van der Waals surface area contributed by atoms with E-state index in [4.69, 9.17) is 10.6 Å². The molecule has 8 heteroatoms. The van der Waals surface area contributed by atoms with E-state index in [1.54, 1.807) is 0 Å². The number of carbonyl (C=O) groups is 1. The second-order valence-electron chi connectivity index (χ2n) is 3.94. The lowest BCUT2D eigenvalue weighted by Gasteiger charge is -2.07. The number of hydrazine groups is 1. The number of nitro benzene ring substituents is 1. The van der Waals surface area contributed by atoms with Crippen molar-refractivity contribution < 1.29 is 14.5 Å². The molecule has 0 spiro atoms. The van der Waals surface area contributed by atoms with Gasteiger partial charge in [-0.1, -0.05) is 0 Å². The molecule has 110 valence electrons. The quantitative estimate of drug-likeness (QED) is 0.283. The Bertz CT molecular complexity index is 479. The van der Waals surface area contributed by atoms with E-state index in [9.17, 15) is 14.9 Å². The number of nitrogens with one attached hydrogen (secondary N) is 2. The van der Waals surface area contributed by atoms with E-state index < -0.39 is 4.92 Å². The number of amides is 1. The molecule has 4 N–H and O–H groups in total. The predicted octanol–water partition coefficient (Wildman–Crippen LogP) is 1.04. The Morgan fingerprint density at radius 2 is 2.25 bits per heavy atom. The Balaban J connectivity index is 2.62. The largest absolute Gasteiger partial charge is 0.382 e. The molecule has 0 aromatic heterocycles. The highest BCUT2D eigenvalue weighted by atomic mass is 16.6. The van der Waals surface area contributed by atoms with Crippen molar-refractivity contribution in [3.63, 3.8) is 0 Å². The first-order valence-corrected chi connectivity index (χ1v) is 6.21. The van der Waals surface area contributed by atoms with E-state index in [0.29, 0.717) is 31.7 Å². The third-order valence-electron chi connectivity index (χ3n) is 2.57. The van der Waals surface area contributed by atoms with Crippen molar-refractivity contribution in [1.29, 1.82) is 0 Å². The zero-order valence-corrected chi connectivity index (χ0v) is 11.2. The van der Waals surface area contributed by atoms with Crippen molar-refractivity contribution in [2.45, 2.75) is 13.3 Å². The van der Waals surface area contributed by atoms with E-state index in [2.05, 4.69) is 10.7 Å². The van der Waals surface area contributed by atoms with Crippen LogP contribution in [0.4, 0.5) is 11.4 Å². The third-order valence-corrected chi connectivity index (χ3v) is 2.57. The van der Waals surface area contributed by atoms with Gasteiger partial charge in [0.15, 0.2) is 0 Å². The number of anilines is 1. The Morgan fingerprint density at radius 1 is 1.50 bits per heavy atom. The Kier molecular flexibility index (Phi) is 6.41. The zero-order chi connectivity index (χ0) is 15.0. The van der Waals surface area contributed by atoms with Crippen LogP contribution < -0.4 is 16.6 Å². The maximum absolute atomic E-state index is 11.8. The lowest BCUT2D eigenvalue weighted by molar-refractivity contribution is -0.384. The number of ether oxygens (including phenoxy) is 1. The van der Waals surface area contributed by atoms with E-state index in [1.165, 1.54) is 18.2 Å². The van der Waals surface area contributed by atoms with E-state index in [1.807, 2.05) is 6.92 Å². The number of carbonyl (C=O) groups excluding carboxylic acids is 1. The van der Waals surface area contributed by atoms with E-state index in [0.717, 1.165) is 0 Å². The highest BCUT2D eigenvalue weighted by molar-refractivity contribution is 5.95. The molecule has 0 bridgehead atoms. The Morgan fingerprint density at radius 3 is 2.85 bits per heavy atom. The first-order chi connectivity index (χ1) is 9.60. The van der Waals surface area contributed by atoms with Crippen LogP contribution in [0.15, 0.2) is 18.2 Å². The van der Waals surface area contributed by atoms with Gasteiger partial charge in [0.05, 0.1) is 4.92 Å². The maximum Gasteiger partial charge on any atom is 0.293 e. The summed E-state index contributed by atoms with van der Waals surface area (Å²) in [6.07, 6.45) is 0.703. The van der Waals surface area contributed by atoms with Crippen molar-refractivity contribution in [3.8, 4) is 0 Å². The van der Waals surface area contributed by atoms with Crippen LogP contribution in [-0.2, 0) is 4.74 Å². The summed E-state index contributed by atoms with van der Waals surface area (Å²) < 4.78 is 5.15. The summed E-state index contributed by atoms with van der Waals surface area (Å²) in [5, 5.41) is 13.4. The molecule has 0 aliphatic carbocycles. The van der Waals surface area contributed by atoms with Gasteiger partial charge in [-0.05, 0) is 25.5 Å². The number of nitrogens with zero attached hydrogens (tertiary/aromatic N) is 1. The van der Waals surface area contributed by atoms with Crippen LogP contribution in [-0.4, -0.2) is 30.6 Å². The molecule has 0 heterocycles. The second kappa shape index (κ2) is 8.08. The van der Waals surface area contributed by atoms with Gasteiger partial charge >= 0.3 is 0 Å². The summed E-state index contributed by atoms with van der Waals surface area (Å²) in [7, 11) is 0. The molecule has 0 saturated carbocycles. The molecule has 1 rings (SSSR count). The van der Waals surface area contributed by atoms with Crippen LogP contribution >= 0.6 is 0 Å². The Labute approximate surface area is 116 Å². The van der Waals surface area contributed by atoms with E-state index >= 15 is 0 Å². The fourth-order valence-corrected chi connectivity index (χ4v) is 1.57. The number of hydrogen-bond acceptors (Lipinski definition) is 6. The van der Waals surface area contributed by atoms with Gasteiger partial charge in [-0.2, -0.15) is 0 Å². The van der Waals surface area contributed by atoms with Crippen molar-refractivity contribution >= 4 is 17.3 Å². The minimum atomic E-state index is -0.570. The summed E-state index contributed by atoms with van der Waals surface area (Å²) in [6, 6.07) is 3.97. The lowest BCUT2D eigenvalue weighted by Crippen LogP contribution is -2.25. The molecule has 1 amide bonds. The highest BCUT2D eigenvalue weighted by Crippen LogP contribution is 2.24. The normalized spacial score (nSPS) is 10.1. The first-order valence-electron chi connectivity index (χ1n) is 6.21. The highest BCUT2D eigenvalue weighted by Gasteiger charge is 2.15. The molecule has 0 saturated heterocycles. The standard InChI is InChI=1S/C12H18N4O4/c1-2-20-7-3-6-14-12(17)9-4-5-11(16(18)19)10(8-9)15-13/h4-5,8,15H,2-3,6-7,13H2,1H3,(H,14,17). The smallest absolute Gasteiger partial charge is 0.293 e. The van der Waals surface area contributed by atoms with Crippen molar-refractivity contribution in [2.75, 3.05) is 25.2 Å². The van der Waals surface area contributed by atoms with Crippen LogP contribution in [0.25, 0.3) is 0 Å². The van der Waals surface area contributed by atoms with Gasteiger partial charge in [-0.15, -0.1) is 0 Å². The van der Waals surface area contributed by atoms with E-state index in [-0.39, 0.29) is 17.3 Å². The first kappa shape index (κ1) is 15.9. The third kappa shape index (κ3) is 4.48. The van der Waals surface area contributed by atoms with Crippen LogP contribution in [0.1, 0.15) is 23.7 Å². The van der Waals surface area contributed by atoms with Gasteiger partial charge in [-0.25, -0.2) is 0 Å². The molecule has 0 radical (unpaired) electrons. The monoisotopic (exact) mass is 282 g/mol. The molecule has 1 aromatic carbocycles. The molecule has 20 heavy (non-hydrogen) atoms. The fraction of sp³-hybridized carbons (Fsp3) is 0.417. The number of nitro groups is 1. The molecule has 1 aromatic rings.